The Labute approximate surface area is 123 Å². The first kappa shape index (κ1) is 15.2. The molecule has 1 heterocycles. The Kier molecular flexibility index (Phi) is 4.67. The molecule has 0 radical (unpaired) electrons. The summed E-state index contributed by atoms with van der Waals surface area (Å²) < 4.78 is 5.11. The van der Waals surface area contributed by atoms with Gasteiger partial charge in [0.1, 0.15) is 5.75 Å². The summed E-state index contributed by atoms with van der Waals surface area (Å²) in [5.41, 5.74) is 0.659. The molecule has 0 spiro atoms. The lowest BCUT2D eigenvalue weighted by Gasteiger charge is -2.36. The largest absolute Gasteiger partial charge is 0.497 e. The Balaban J connectivity index is 1.99. The number of benzene rings is 1. The molecule has 1 aliphatic rings. The van der Waals surface area contributed by atoms with Gasteiger partial charge < -0.3 is 20.1 Å². The third-order valence-electron chi connectivity index (χ3n) is 3.81. The SMILES string of the molecule is COc1cccc(NC(=O)N2CCC(C(=O)O)CC2C)c1. The van der Waals surface area contributed by atoms with Crippen LogP contribution in [0, 0.1) is 5.92 Å². The van der Waals surface area contributed by atoms with E-state index in [4.69, 9.17) is 9.84 Å². The second-order valence-corrected chi connectivity index (χ2v) is 5.26. The minimum absolute atomic E-state index is 0.0922. The zero-order valence-electron chi connectivity index (χ0n) is 12.2. The van der Waals surface area contributed by atoms with Crippen LogP contribution in [-0.4, -0.2) is 41.7 Å². The van der Waals surface area contributed by atoms with Crippen LogP contribution in [0.5, 0.6) is 5.75 Å². The van der Waals surface area contributed by atoms with E-state index in [1.807, 2.05) is 6.92 Å². The summed E-state index contributed by atoms with van der Waals surface area (Å²) >= 11 is 0. The van der Waals surface area contributed by atoms with Gasteiger partial charge in [-0.05, 0) is 31.9 Å². The second kappa shape index (κ2) is 6.47. The molecule has 21 heavy (non-hydrogen) atoms. The summed E-state index contributed by atoms with van der Waals surface area (Å²) in [6.45, 7) is 2.33. The van der Waals surface area contributed by atoms with Crippen LogP contribution in [-0.2, 0) is 4.79 Å². The number of amides is 2. The van der Waals surface area contributed by atoms with Gasteiger partial charge in [-0.15, -0.1) is 0 Å². The predicted molar refractivity (Wildman–Crippen MR) is 78.5 cm³/mol. The molecule has 2 amide bonds. The number of carboxylic acid groups (broad SMARTS) is 1. The highest BCUT2D eigenvalue weighted by molar-refractivity contribution is 5.90. The van der Waals surface area contributed by atoms with Crippen LogP contribution in [0.25, 0.3) is 0 Å². The summed E-state index contributed by atoms with van der Waals surface area (Å²) in [4.78, 5) is 25.0. The van der Waals surface area contributed by atoms with Gasteiger partial charge in [0.05, 0.1) is 13.0 Å². The molecule has 1 saturated heterocycles. The molecule has 2 rings (SSSR count). The van der Waals surface area contributed by atoms with Crippen LogP contribution in [0.4, 0.5) is 10.5 Å². The molecule has 6 nitrogen and oxygen atoms in total. The van der Waals surface area contributed by atoms with E-state index in [0.29, 0.717) is 30.8 Å². The molecule has 6 heteroatoms. The molecular formula is C15H20N2O4. The van der Waals surface area contributed by atoms with E-state index in [1.54, 1.807) is 36.3 Å². The summed E-state index contributed by atoms with van der Waals surface area (Å²) in [7, 11) is 1.57. The number of carboxylic acids is 1. The van der Waals surface area contributed by atoms with Crippen molar-refractivity contribution in [2.45, 2.75) is 25.8 Å². The van der Waals surface area contributed by atoms with Gasteiger partial charge in [0.2, 0.25) is 0 Å². The highest BCUT2D eigenvalue weighted by Gasteiger charge is 2.32. The van der Waals surface area contributed by atoms with E-state index in [2.05, 4.69) is 5.32 Å². The standard InChI is InChI=1S/C15H20N2O4/c1-10-8-11(14(18)19)6-7-17(10)15(20)16-12-4-3-5-13(9-12)21-2/h3-5,9-11H,6-8H2,1-2H3,(H,16,20)(H,18,19). The number of hydrogen-bond acceptors (Lipinski definition) is 3. The number of likely N-dealkylation sites (tertiary alicyclic amines) is 1. The highest BCUT2D eigenvalue weighted by atomic mass is 16.5. The monoisotopic (exact) mass is 292 g/mol. The van der Waals surface area contributed by atoms with Gasteiger partial charge in [-0.25, -0.2) is 4.79 Å². The number of methoxy groups -OCH3 is 1. The first-order chi connectivity index (χ1) is 10.0. The summed E-state index contributed by atoms with van der Waals surface area (Å²) in [6.07, 6.45) is 0.978. The number of piperidine rings is 1. The van der Waals surface area contributed by atoms with Crippen molar-refractivity contribution in [3.63, 3.8) is 0 Å². The third kappa shape index (κ3) is 3.65. The molecule has 0 aliphatic carbocycles. The van der Waals surface area contributed by atoms with Gasteiger partial charge in [0.15, 0.2) is 0 Å². The zero-order valence-corrected chi connectivity index (χ0v) is 12.2. The van der Waals surface area contributed by atoms with Crippen molar-refractivity contribution in [3.05, 3.63) is 24.3 Å². The maximum Gasteiger partial charge on any atom is 0.322 e. The molecule has 0 saturated carbocycles. The predicted octanol–water partition coefficient (Wildman–Crippen LogP) is 2.41. The van der Waals surface area contributed by atoms with Crippen molar-refractivity contribution in [1.29, 1.82) is 0 Å². The van der Waals surface area contributed by atoms with E-state index >= 15 is 0 Å². The molecule has 114 valence electrons. The number of carbonyl (C=O) groups excluding carboxylic acids is 1. The summed E-state index contributed by atoms with van der Waals surface area (Å²) in [5.74, 6) is -0.471. The number of urea groups is 1. The molecule has 1 aromatic rings. The Morgan fingerprint density at radius 3 is 2.81 bits per heavy atom. The van der Waals surface area contributed by atoms with Crippen molar-refractivity contribution in [1.82, 2.24) is 4.90 Å². The minimum atomic E-state index is -0.783. The molecule has 1 fully saturated rings. The second-order valence-electron chi connectivity index (χ2n) is 5.26. The lowest BCUT2D eigenvalue weighted by Crippen LogP contribution is -2.47. The Morgan fingerprint density at radius 1 is 1.43 bits per heavy atom. The van der Waals surface area contributed by atoms with E-state index in [1.165, 1.54) is 0 Å². The summed E-state index contributed by atoms with van der Waals surface area (Å²) in [5, 5.41) is 11.9. The number of nitrogens with one attached hydrogen (secondary N) is 1. The van der Waals surface area contributed by atoms with Gasteiger partial charge >= 0.3 is 12.0 Å². The lowest BCUT2D eigenvalue weighted by atomic mass is 9.92. The maximum atomic E-state index is 12.3. The fourth-order valence-corrected chi connectivity index (χ4v) is 2.59. The third-order valence-corrected chi connectivity index (χ3v) is 3.81. The topological polar surface area (TPSA) is 78.9 Å². The average molecular weight is 292 g/mol. The van der Waals surface area contributed by atoms with E-state index < -0.39 is 5.97 Å². The van der Waals surface area contributed by atoms with Gasteiger partial charge in [-0.2, -0.15) is 0 Å². The first-order valence-electron chi connectivity index (χ1n) is 6.95. The first-order valence-corrected chi connectivity index (χ1v) is 6.95. The lowest BCUT2D eigenvalue weighted by molar-refractivity contribution is -0.143. The highest BCUT2D eigenvalue weighted by Crippen LogP contribution is 2.24. The van der Waals surface area contributed by atoms with Gasteiger partial charge in [-0.1, -0.05) is 6.07 Å². The maximum absolute atomic E-state index is 12.3. The van der Waals surface area contributed by atoms with Crippen molar-refractivity contribution >= 4 is 17.7 Å². The molecule has 2 unspecified atom stereocenters. The van der Waals surface area contributed by atoms with Crippen molar-refractivity contribution in [2.75, 3.05) is 19.0 Å². The van der Waals surface area contributed by atoms with Crippen molar-refractivity contribution < 1.29 is 19.4 Å². The number of anilines is 1. The van der Waals surface area contributed by atoms with E-state index in [-0.39, 0.29) is 18.0 Å². The molecule has 1 aliphatic heterocycles. The van der Waals surface area contributed by atoms with Crippen LogP contribution >= 0.6 is 0 Å². The molecule has 1 aromatic carbocycles. The Hall–Kier alpha value is -2.24. The van der Waals surface area contributed by atoms with Gasteiger partial charge in [-0.3, -0.25) is 4.79 Å². The van der Waals surface area contributed by atoms with Gasteiger partial charge in [0, 0.05) is 24.3 Å². The molecule has 0 bridgehead atoms. The number of aliphatic carboxylic acids is 1. The number of nitrogens with zero attached hydrogens (tertiary/aromatic N) is 1. The number of hydrogen-bond donors (Lipinski definition) is 2. The Morgan fingerprint density at radius 2 is 2.19 bits per heavy atom. The zero-order chi connectivity index (χ0) is 15.4. The van der Waals surface area contributed by atoms with Gasteiger partial charge in [0.25, 0.3) is 0 Å². The van der Waals surface area contributed by atoms with Crippen LogP contribution in [0.3, 0.4) is 0 Å². The molecule has 0 aromatic heterocycles. The Bertz CT molecular complexity index is 532. The van der Waals surface area contributed by atoms with Crippen LogP contribution < -0.4 is 10.1 Å². The van der Waals surface area contributed by atoms with Crippen molar-refractivity contribution in [2.24, 2.45) is 5.92 Å². The number of rotatable bonds is 3. The fraction of sp³-hybridized carbons (Fsp3) is 0.467. The number of ether oxygens (including phenoxy) is 1. The van der Waals surface area contributed by atoms with Crippen LogP contribution in [0.1, 0.15) is 19.8 Å². The van der Waals surface area contributed by atoms with E-state index in [0.717, 1.165) is 0 Å². The molecular weight excluding hydrogens is 272 g/mol. The van der Waals surface area contributed by atoms with Crippen LogP contribution in [0.2, 0.25) is 0 Å². The average Bonchev–Trinajstić information content (AvgIpc) is 2.47. The minimum Gasteiger partial charge on any atom is -0.497 e. The molecule has 2 N–H and O–H groups in total. The smallest absolute Gasteiger partial charge is 0.322 e. The quantitative estimate of drug-likeness (QED) is 0.896. The summed E-state index contributed by atoms with van der Waals surface area (Å²) in [6, 6.07) is 6.83. The van der Waals surface area contributed by atoms with Crippen molar-refractivity contribution in [3.8, 4) is 5.75 Å². The molecule has 2 atom stereocenters. The van der Waals surface area contributed by atoms with E-state index in [9.17, 15) is 9.59 Å². The van der Waals surface area contributed by atoms with Crippen LogP contribution in [0.15, 0.2) is 24.3 Å². The number of carbonyl (C=O) groups is 2. The fourth-order valence-electron chi connectivity index (χ4n) is 2.59. The normalized spacial score (nSPS) is 21.7.